The van der Waals surface area contributed by atoms with Gasteiger partial charge in [-0.25, -0.2) is 4.57 Å². The number of nitrogens with one attached hydrogen (secondary N) is 3. The number of aromatic nitrogens is 1. The van der Waals surface area contributed by atoms with Gasteiger partial charge in [0.2, 0.25) is 11.8 Å². The smallest absolute Gasteiger partial charge is 0.323 e. The molecule has 0 atom stereocenters. The average molecular weight is 830 g/mol. The van der Waals surface area contributed by atoms with Crippen LogP contribution in [0.3, 0.4) is 0 Å². The van der Waals surface area contributed by atoms with E-state index in [0.29, 0.717) is 32.5 Å². The van der Waals surface area contributed by atoms with Gasteiger partial charge in [0.15, 0.2) is 12.4 Å². The molecule has 0 aliphatic carbocycles. The van der Waals surface area contributed by atoms with E-state index in [1.54, 1.807) is 45.5 Å². The first kappa shape index (κ1) is 46.9. The van der Waals surface area contributed by atoms with Gasteiger partial charge in [0.25, 0.3) is 0 Å². The van der Waals surface area contributed by atoms with E-state index in [4.69, 9.17) is 10.2 Å². The molecule has 14 heteroatoms. The topological polar surface area (TPSA) is 155 Å². The predicted octanol–water partition coefficient (Wildman–Crippen LogP) is 6.12. The number of carbonyl (C=O) groups excluding carboxylic acids is 2. The molecule has 2 amide bonds. The Hall–Kier alpha value is -5.47. The van der Waals surface area contributed by atoms with Crippen molar-refractivity contribution in [3.63, 3.8) is 0 Å². The lowest BCUT2D eigenvalue weighted by Crippen LogP contribution is -2.34. The monoisotopic (exact) mass is 829 g/mol. The van der Waals surface area contributed by atoms with Crippen molar-refractivity contribution in [3.8, 4) is 0 Å². The van der Waals surface area contributed by atoms with E-state index in [1.165, 1.54) is 0 Å². The number of allylic oxidation sites excluding steroid dienone is 4. The third-order valence-corrected chi connectivity index (χ3v) is 11.0. The molecule has 5 N–H and O–H groups in total. The summed E-state index contributed by atoms with van der Waals surface area (Å²) in [4.78, 5) is 49.7. The molecule has 0 saturated carbocycles. The van der Waals surface area contributed by atoms with Gasteiger partial charge in [-0.15, -0.1) is 0 Å². The number of pyridine rings is 1. The summed E-state index contributed by atoms with van der Waals surface area (Å²) in [5.74, 6) is -0.0582. The van der Waals surface area contributed by atoms with E-state index in [2.05, 4.69) is 20.5 Å². The maximum Gasteiger partial charge on any atom is 0.323 e. The van der Waals surface area contributed by atoms with Gasteiger partial charge in [-0.05, 0) is 72.1 Å². The highest BCUT2D eigenvalue weighted by Crippen LogP contribution is 2.19. The molecule has 3 rings (SSSR count). The number of rotatable bonds is 27. The highest BCUT2D eigenvalue weighted by molar-refractivity contribution is 8.76. The largest absolute Gasteiger partial charge is 0.480 e. The minimum atomic E-state index is -0.869. The summed E-state index contributed by atoms with van der Waals surface area (Å²) in [6, 6.07) is 19.5. The van der Waals surface area contributed by atoms with Gasteiger partial charge in [-0.1, -0.05) is 76.2 Å². The second-order valence-electron chi connectivity index (χ2n) is 13.3. The minimum Gasteiger partial charge on any atom is -0.480 e. The third kappa shape index (κ3) is 20.1. The quantitative estimate of drug-likeness (QED) is 0.0261. The SMILES string of the molecule is CC=C(C=CNCCCC(=O)NCCSSCCNC(=O)CCC[n+]1ccc(C=Cc2ccc(N(C)CC(=O)O)cc2)cc1)C=Cc1ccc(N(C)CC(=O)O)cc1. The standard InChI is InChI=1S/C44H56N6O6S2/c1-4-35(9-10-36-13-17-39(18-14-36)48(2)33-43(53)54)21-25-45-24-5-7-41(51)46-26-31-57-58-32-27-47-42(52)8-6-28-50-29-22-38(23-30-50)12-11-37-15-19-40(20-16-37)49(3)34-44(55)56/h4,9-23,25,29-30,45H,5-8,24,26-28,31-34H2,1-3H3,(H3-,46,47,51,52,53,54,55,56)/p+1. The first-order chi connectivity index (χ1) is 28.0. The number of likely N-dealkylation sites (N-methyl/N-ethyl adjacent to an activating group) is 2. The molecule has 0 spiro atoms. The number of benzene rings is 2. The molecular weight excluding hydrogens is 773 g/mol. The van der Waals surface area contributed by atoms with Crippen LogP contribution in [0.15, 0.2) is 103 Å². The summed E-state index contributed by atoms with van der Waals surface area (Å²) >= 11 is 0. The average Bonchev–Trinajstić information content (AvgIpc) is 3.20. The summed E-state index contributed by atoms with van der Waals surface area (Å²) < 4.78 is 2.07. The number of anilines is 2. The number of hydrogen-bond acceptors (Lipinski definition) is 9. The van der Waals surface area contributed by atoms with Crippen LogP contribution in [0.4, 0.5) is 11.4 Å². The molecule has 0 aliphatic rings. The zero-order valence-corrected chi connectivity index (χ0v) is 35.3. The van der Waals surface area contributed by atoms with Crippen molar-refractivity contribution in [1.82, 2.24) is 16.0 Å². The number of carboxylic acids is 2. The zero-order chi connectivity index (χ0) is 42.0. The van der Waals surface area contributed by atoms with Crippen LogP contribution in [0.25, 0.3) is 18.2 Å². The number of aryl methyl sites for hydroxylation is 1. The molecule has 0 fully saturated rings. The highest BCUT2D eigenvalue weighted by atomic mass is 33.1. The Morgan fingerprint density at radius 1 is 0.655 bits per heavy atom. The van der Waals surface area contributed by atoms with Crippen molar-refractivity contribution in [3.05, 3.63) is 120 Å². The minimum absolute atomic E-state index is 0.0374. The van der Waals surface area contributed by atoms with Crippen LogP contribution in [0.2, 0.25) is 0 Å². The normalized spacial score (nSPS) is 11.6. The molecule has 0 radical (unpaired) electrons. The molecule has 0 unspecified atom stereocenters. The van der Waals surface area contributed by atoms with Crippen LogP contribution in [0.5, 0.6) is 0 Å². The summed E-state index contributed by atoms with van der Waals surface area (Å²) in [6.07, 6.45) is 20.3. The Bertz CT molecular complexity index is 1850. The van der Waals surface area contributed by atoms with Crippen LogP contribution in [-0.4, -0.2) is 92.3 Å². The third-order valence-electron chi connectivity index (χ3n) is 8.64. The first-order valence-corrected chi connectivity index (χ1v) is 21.8. The van der Waals surface area contributed by atoms with Crippen molar-refractivity contribution < 1.29 is 34.0 Å². The number of carbonyl (C=O) groups is 4. The summed E-state index contributed by atoms with van der Waals surface area (Å²) in [7, 11) is 6.87. The Morgan fingerprint density at radius 3 is 1.64 bits per heavy atom. The van der Waals surface area contributed by atoms with Crippen molar-refractivity contribution in [2.24, 2.45) is 0 Å². The number of aliphatic carboxylic acids is 2. The van der Waals surface area contributed by atoms with Crippen LogP contribution in [0.1, 0.15) is 49.3 Å². The lowest BCUT2D eigenvalue weighted by molar-refractivity contribution is -0.697. The molecular formula is C44H57N6O6S2+. The second-order valence-corrected chi connectivity index (χ2v) is 16.0. The molecule has 2 aromatic carbocycles. The Balaban J connectivity index is 1.15. The van der Waals surface area contributed by atoms with Gasteiger partial charge in [-0.2, -0.15) is 0 Å². The van der Waals surface area contributed by atoms with E-state index >= 15 is 0 Å². The lowest BCUT2D eigenvalue weighted by Gasteiger charge is -2.16. The lowest BCUT2D eigenvalue weighted by atomic mass is 10.1. The predicted molar refractivity (Wildman–Crippen MR) is 240 cm³/mol. The fraction of sp³-hybridized carbons (Fsp3) is 0.341. The summed E-state index contributed by atoms with van der Waals surface area (Å²) in [6.45, 7) is 4.52. The molecule has 1 aromatic heterocycles. The summed E-state index contributed by atoms with van der Waals surface area (Å²) in [5.41, 5.74) is 5.82. The van der Waals surface area contributed by atoms with Crippen LogP contribution in [-0.2, 0) is 25.7 Å². The van der Waals surface area contributed by atoms with E-state index < -0.39 is 11.9 Å². The van der Waals surface area contributed by atoms with Crippen LogP contribution in [0, 0.1) is 0 Å². The molecule has 310 valence electrons. The molecule has 3 aromatic rings. The molecule has 58 heavy (non-hydrogen) atoms. The van der Waals surface area contributed by atoms with Gasteiger partial charge in [0.05, 0.1) is 0 Å². The van der Waals surface area contributed by atoms with Gasteiger partial charge in [0.1, 0.15) is 19.6 Å². The fourth-order valence-corrected chi connectivity index (χ4v) is 7.21. The van der Waals surface area contributed by atoms with Gasteiger partial charge >= 0.3 is 11.9 Å². The fourth-order valence-electron chi connectivity index (χ4n) is 5.40. The van der Waals surface area contributed by atoms with Crippen molar-refractivity contribution in [1.29, 1.82) is 0 Å². The maximum absolute atomic E-state index is 12.3. The van der Waals surface area contributed by atoms with Gasteiger partial charge < -0.3 is 36.0 Å². The molecule has 1 heterocycles. The Kier molecular flexibility index (Phi) is 22.0. The highest BCUT2D eigenvalue weighted by Gasteiger charge is 2.08. The van der Waals surface area contributed by atoms with Crippen molar-refractivity contribution in [2.45, 2.75) is 39.2 Å². The van der Waals surface area contributed by atoms with Crippen LogP contribution >= 0.6 is 21.6 Å². The van der Waals surface area contributed by atoms with E-state index in [0.717, 1.165) is 64.5 Å². The number of amides is 2. The Morgan fingerprint density at radius 2 is 1.14 bits per heavy atom. The van der Waals surface area contributed by atoms with E-state index in [-0.39, 0.29) is 24.9 Å². The number of hydrogen-bond donors (Lipinski definition) is 5. The van der Waals surface area contributed by atoms with Gasteiger partial charge in [-0.3, -0.25) is 19.2 Å². The number of carboxylic acid groups (broad SMARTS) is 2. The molecule has 12 nitrogen and oxygen atoms in total. The summed E-state index contributed by atoms with van der Waals surface area (Å²) in [5, 5.41) is 27.1. The maximum atomic E-state index is 12.3. The van der Waals surface area contributed by atoms with Crippen molar-refractivity contribution >= 4 is 74.9 Å². The molecule has 0 bridgehead atoms. The van der Waals surface area contributed by atoms with Crippen LogP contribution < -0.4 is 30.3 Å². The van der Waals surface area contributed by atoms with E-state index in [1.807, 2.05) is 123 Å². The van der Waals surface area contributed by atoms with E-state index in [9.17, 15) is 19.2 Å². The molecule has 0 aliphatic heterocycles. The number of nitrogens with zero attached hydrogens (tertiary/aromatic N) is 3. The second kappa shape index (κ2) is 27.2. The van der Waals surface area contributed by atoms with Crippen molar-refractivity contribution in [2.75, 3.05) is 68.1 Å². The van der Waals surface area contributed by atoms with Gasteiger partial charge in [0, 0.05) is 88.0 Å². The zero-order valence-electron chi connectivity index (χ0n) is 33.6. The first-order valence-electron chi connectivity index (χ1n) is 19.3. The Labute approximate surface area is 350 Å². The molecule has 0 saturated heterocycles.